The van der Waals surface area contributed by atoms with Crippen molar-refractivity contribution in [3.05, 3.63) is 54.1 Å². The second-order valence-corrected chi connectivity index (χ2v) is 2.54. The fourth-order valence-corrected chi connectivity index (χ4v) is 1.13. The Morgan fingerprint density at radius 3 is 1.43 bits per heavy atom. The van der Waals surface area contributed by atoms with Gasteiger partial charge < -0.3 is 5.53 Å². The number of hydrogen-bond acceptors (Lipinski definition) is 1. The maximum Gasteiger partial charge on any atom is 0.557 e. The molecule has 3 nitrogen and oxygen atoms in total. The highest BCUT2D eigenvalue weighted by Gasteiger charge is 1.85. The molecule has 0 heterocycles. The van der Waals surface area contributed by atoms with Gasteiger partial charge in [-0.05, 0) is 10.8 Å². The molecule has 0 aliphatic carbocycles. The van der Waals surface area contributed by atoms with E-state index in [1.165, 1.54) is 10.8 Å². The van der Waals surface area contributed by atoms with Gasteiger partial charge >= 0.3 is 6.08 Å². The van der Waals surface area contributed by atoms with Gasteiger partial charge in [0.1, 0.15) is 0 Å². The van der Waals surface area contributed by atoms with Crippen molar-refractivity contribution in [2.24, 2.45) is 0 Å². The first-order chi connectivity index (χ1) is 6.88. The highest BCUT2D eigenvalue weighted by molar-refractivity contribution is 5.81. The van der Waals surface area contributed by atoms with Gasteiger partial charge in [-0.25, -0.2) is 0 Å². The van der Waals surface area contributed by atoms with Crippen molar-refractivity contribution < 1.29 is 9.58 Å². The standard InChI is InChI=1S/C10H8.CN2O/c1-2-6-10-8-4-3-7-9(10)5-1;2-3-1-4/h1-8H;. The SMILES string of the molecule is [N-]=[N+]=C=O.c1ccc2ccccc2c1. The van der Waals surface area contributed by atoms with Crippen LogP contribution in [0.5, 0.6) is 0 Å². The Balaban J connectivity index is 0.000000213. The zero-order chi connectivity index (χ0) is 10.2. The summed E-state index contributed by atoms with van der Waals surface area (Å²) in [6.07, 6.45) is 0.861. The summed E-state index contributed by atoms with van der Waals surface area (Å²) in [6.45, 7) is 0. The summed E-state index contributed by atoms with van der Waals surface area (Å²) >= 11 is 0. The summed E-state index contributed by atoms with van der Waals surface area (Å²) in [5.41, 5.74) is 7.08. The van der Waals surface area contributed by atoms with Crippen molar-refractivity contribution in [2.75, 3.05) is 0 Å². The van der Waals surface area contributed by atoms with Crippen molar-refractivity contribution in [3.63, 3.8) is 0 Å². The highest BCUT2D eigenvalue weighted by Crippen LogP contribution is 2.11. The minimum Gasteiger partial charge on any atom is -0.345 e. The van der Waals surface area contributed by atoms with Crippen LogP contribution in [0.1, 0.15) is 0 Å². The van der Waals surface area contributed by atoms with Crippen LogP contribution < -0.4 is 0 Å². The lowest BCUT2D eigenvalue weighted by atomic mass is 10.1. The summed E-state index contributed by atoms with van der Waals surface area (Å²) in [7, 11) is 0. The predicted molar refractivity (Wildman–Crippen MR) is 53.3 cm³/mol. The molecule has 0 aliphatic rings. The number of nitrogens with zero attached hydrogens (tertiary/aromatic N) is 2. The molecule has 14 heavy (non-hydrogen) atoms. The van der Waals surface area contributed by atoms with E-state index < -0.39 is 0 Å². The maximum atomic E-state index is 8.63. The zero-order valence-electron chi connectivity index (χ0n) is 7.42. The smallest absolute Gasteiger partial charge is 0.345 e. The molecular formula is C11H8N2O. The molecule has 0 atom stereocenters. The molecule has 0 aromatic heterocycles. The second kappa shape index (κ2) is 5.44. The van der Waals surface area contributed by atoms with Crippen molar-refractivity contribution in [1.82, 2.24) is 0 Å². The van der Waals surface area contributed by atoms with Crippen LogP contribution in [0.15, 0.2) is 48.5 Å². The Labute approximate surface area is 81.2 Å². The van der Waals surface area contributed by atoms with E-state index in [9.17, 15) is 0 Å². The number of isocyanates is 1. The average molecular weight is 184 g/mol. The largest absolute Gasteiger partial charge is 0.557 e. The molecule has 0 saturated heterocycles. The Bertz CT molecular complexity index is 408. The Hall–Kier alpha value is -2.21. The third-order valence-corrected chi connectivity index (χ3v) is 1.70. The minimum absolute atomic E-state index is 0.861. The fraction of sp³-hybridized carbons (Fsp3) is 0. The summed E-state index contributed by atoms with van der Waals surface area (Å²) in [4.78, 5) is 10.6. The van der Waals surface area contributed by atoms with Gasteiger partial charge in [0.15, 0.2) is 0 Å². The van der Waals surface area contributed by atoms with E-state index in [1.54, 1.807) is 0 Å². The van der Waals surface area contributed by atoms with Crippen molar-refractivity contribution in [1.29, 1.82) is 0 Å². The number of rotatable bonds is 0. The molecule has 68 valence electrons. The normalized spacial score (nSPS) is 8.00. The molecule has 2 rings (SSSR count). The molecule has 0 aliphatic heterocycles. The first-order valence-corrected chi connectivity index (χ1v) is 4.03. The van der Waals surface area contributed by atoms with Crippen LogP contribution in [0.25, 0.3) is 16.3 Å². The van der Waals surface area contributed by atoms with Crippen LogP contribution in [-0.2, 0) is 4.79 Å². The van der Waals surface area contributed by atoms with Crippen molar-refractivity contribution >= 4 is 16.9 Å². The molecule has 0 amide bonds. The van der Waals surface area contributed by atoms with Gasteiger partial charge in [-0.3, -0.25) is 0 Å². The molecule has 0 bridgehead atoms. The number of hydrogen-bond donors (Lipinski definition) is 0. The van der Waals surface area contributed by atoms with E-state index in [2.05, 4.69) is 48.5 Å². The average Bonchev–Trinajstić information content (AvgIpc) is 2.30. The van der Waals surface area contributed by atoms with E-state index in [0.717, 1.165) is 6.08 Å². The van der Waals surface area contributed by atoms with Gasteiger partial charge in [-0.15, -0.1) is 4.79 Å². The van der Waals surface area contributed by atoms with Crippen LogP contribution in [-0.4, -0.2) is 10.9 Å². The predicted octanol–water partition coefficient (Wildman–Crippen LogP) is 2.39. The summed E-state index contributed by atoms with van der Waals surface area (Å²) in [5, 5.41) is 2.62. The fourth-order valence-electron chi connectivity index (χ4n) is 1.13. The molecule has 0 saturated carbocycles. The van der Waals surface area contributed by atoms with E-state index in [0.29, 0.717) is 0 Å². The Kier molecular flexibility index (Phi) is 3.84. The quantitative estimate of drug-likeness (QED) is 0.268. The molecule has 0 fully saturated rings. The van der Waals surface area contributed by atoms with E-state index in [-0.39, 0.29) is 0 Å². The Morgan fingerprint density at radius 2 is 1.21 bits per heavy atom. The van der Waals surface area contributed by atoms with Crippen LogP contribution in [0, 0.1) is 0 Å². The zero-order valence-corrected chi connectivity index (χ0v) is 7.42. The molecule has 0 N–H and O–H groups in total. The number of benzene rings is 2. The topological polar surface area (TPSA) is 53.5 Å². The van der Waals surface area contributed by atoms with Gasteiger partial charge in [0.25, 0.3) is 0 Å². The molecule has 2 aromatic rings. The molecule has 3 heteroatoms. The number of carbonyl (C=O) groups excluding carboxylic acids is 1. The van der Waals surface area contributed by atoms with Gasteiger partial charge in [-0.1, -0.05) is 53.3 Å². The van der Waals surface area contributed by atoms with Gasteiger partial charge in [0.2, 0.25) is 0 Å². The first kappa shape index (κ1) is 9.87. The van der Waals surface area contributed by atoms with Crippen LogP contribution in [0.3, 0.4) is 0 Å². The molecule has 2 aromatic carbocycles. The van der Waals surface area contributed by atoms with Crippen LogP contribution in [0.4, 0.5) is 0 Å². The Morgan fingerprint density at radius 1 is 0.929 bits per heavy atom. The van der Waals surface area contributed by atoms with Crippen molar-refractivity contribution in [2.45, 2.75) is 0 Å². The van der Waals surface area contributed by atoms with E-state index in [4.69, 9.17) is 10.3 Å². The second-order valence-electron chi connectivity index (χ2n) is 2.54. The molecule has 0 unspecified atom stereocenters. The van der Waals surface area contributed by atoms with Crippen LogP contribution in [0.2, 0.25) is 0 Å². The van der Waals surface area contributed by atoms with Crippen molar-refractivity contribution in [3.8, 4) is 0 Å². The van der Waals surface area contributed by atoms with Gasteiger partial charge in [-0.2, -0.15) is 0 Å². The molecular weight excluding hydrogens is 176 g/mol. The van der Waals surface area contributed by atoms with Gasteiger partial charge in [0.05, 0.1) is 0 Å². The third kappa shape index (κ3) is 2.68. The summed E-state index contributed by atoms with van der Waals surface area (Å²) in [5.74, 6) is 0. The molecule has 0 spiro atoms. The lowest BCUT2D eigenvalue weighted by Gasteiger charge is -1.92. The van der Waals surface area contributed by atoms with Gasteiger partial charge in [0, 0.05) is 0 Å². The highest BCUT2D eigenvalue weighted by atomic mass is 16.1. The lowest BCUT2D eigenvalue weighted by Crippen LogP contribution is -1.67. The maximum absolute atomic E-state index is 8.63. The summed E-state index contributed by atoms with van der Waals surface area (Å²) < 4.78 is 0. The molecule has 0 radical (unpaired) electrons. The van der Waals surface area contributed by atoms with Crippen LogP contribution >= 0.6 is 0 Å². The summed E-state index contributed by atoms with van der Waals surface area (Å²) in [6, 6.07) is 16.7. The van der Waals surface area contributed by atoms with E-state index >= 15 is 0 Å². The number of fused-ring (bicyclic) bond motifs is 1. The van der Waals surface area contributed by atoms with E-state index in [1.807, 2.05) is 4.79 Å². The third-order valence-electron chi connectivity index (χ3n) is 1.70. The lowest BCUT2D eigenvalue weighted by molar-refractivity contribution is -0.00453. The monoisotopic (exact) mass is 184 g/mol. The minimum atomic E-state index is 0.861. The first-order valence-electron chi connectivity index (χ1n) is 4.03.